The quantitative estimate of drug-likeness (QED) is 0.768. The van der Waals surface area contributed by atoms with E-state index in [4.69, 9.17) is 4.74 Å². The Kier molecular flexibility index (Phi) is 3.50. The van der Waals surface area contributed by atoms with Crippen LogP contribution in [0.1, 0.15) is 39.0 Å². The second-order valence-electron chi connectivity index (χ2n) is 4.86. The fourth-order valence-corrected chi connectivity index (χ4v) is 2.35. The molecule has 18 heavy (non-hydrogen) atoms. The Morgan fingerprint density at radius 2 is 1.83 bits per heavy atom. The monoisotopic (exact) mass is 245 g/mol. The zero-order chi connectivity index (χ0) is 13.3. The largest absolute Gasteiger partial charge is 0.479 e. The highest BCUT2D eigenvalue weighted by Gasteiger charge is 2.19. The summed E-state index contributed by atoms with van der Waals surface area (Å²) in [7, 11) is 0. The molecule has 0 saturated carbocycles. The molecular weight excluding hydrogens is 226 g/mol. The normalized spacial score (nSPS) is 14.3. The number of ketones is 1. The predicted octanol–water partition coefficient (Wildman–Crippen LogP) is 2.92. The number of rotatable bonds is 3. The van der Waals surface area contributed by atoms with Gasteiger partial charge in [-0.25, -0.2) is 0 Å². The topological polar surface area (TPSA) is 38.7 Å². The van der Waals surface area contributed by atoms with E-state index < -0.39 is 0 Å². The first-order chi connectivity index (χ1) is 8.50. The Hall–Kier alpha value is -1.64. The number of benzene rings is 1. The van der Waals surface area contributed by atoms with Crippen LogP contribution in [0.2, 0.25) is 0 Å². The Morgan fingerprint density at radius 3 is 2.33 bits per heavy atom. The van der Waals surface area contributed by atoms with Crippen molar-refractivity contribution in [2.75, 3.05) is 13.2 Å². The zero-order valence-electron chi connectivity index (χ0n) is 11.5. The van der Waals surface area contributed by atoms with Crippen LogP contribution in [-0.2, 0) is 4.74 Å². The van der Waals surface area contributed by atoms with E-state index in [-0.39, 0.29) is 12.2 Å². The van der Waals surface area contributed by atoms with Gasteiger partial charge in [0, 0.05) is 5.56 Å². The van der Waals surface area contributed by atoms with Gasteiger partial charge >= 0.3 is 0 Å². The number of hydrogen-bond donors (Lipinski definition) is 0. The van der Waals surface area contributed by atoms with E-state index in [1.54, 1.807) is 0 Å². The van der Waals surface area contributed by atoms with Crippen molar-refractivity contribution in [2.45, 2.75) is 34.1 Å². The number of aliphatic imine (C=N–C) groups is 1. The third-order valence-corrected chi connectivity index (χ3v) is 3.60. The first-order valence-corrected chi connectivity index (χ1v) is 6.27. The lowest BCUT2D eigenvalue weighted by molar-refractivity contribution is 0.0993. The summed E-state index contributed by atoms with van der Waals surface area (Å²) in [6.07, 6.45) is 0.282. The van der Waals surface area contributed by atoms with Crippen LogP contribution in [0.5, 0.6) is 0 Å². The molecule has 0 radical (unpaired) electrons. The van der Waals surface area contributed by atoms with Crippen LogP contribution in [0.3, 0.4) is 0 Å². The molecule has 0 spiro atoms. The SMILES string of the molecule is Cc1cc(C)c(C)c(C(=O)CC2=NCCO2)c1C. The van der Waals surface area contributed by atoms with Crippen LogP contribution < -0.4 is 0 Å². The summed E-state index contributed by atoms with van der Waals surface area (Å²) in [6.45, 7) is 9.38. The molecular formula is C15H19NO2. The highest BCUT2D eigenvalue weighted by atomic mass is 16.5. The van der Waals surface area contributed by atoms with Crippen LogP contribution in [0.4, 0.5) is 0 Å². The van der Waals surface area contributed by atoms with Gasteiger partial charge in [0.25, 0.3) is 0 Å². The van der Waals surface area contributed by atoms with E-state index in [0.29, 0.717) is 19.0 Å². The van der Waals surface area contributed by atoms with Gasteiger partial charge in [0.05, 0.1) is 13.0 Å². The first kappa shape index (κ1) is 12.8. The van der Waals surface area contributed by atoms with Gasteiger partial charge in [0.15, 0.2) is 11.7 Å². The van der Waals surface area contributed by atoms with E-state index in [9.17, 15) is 4.79 Å². The van der Waals surface area contributed by atoms with E-state index in [0.717, 1.165) is 27.8 Å². The molecule has 1 aliphatic heterocycles. The Bertz CT molecular complexity index is 504. The fraction of sp³-hybridized carbons (Fsp3) is 0.467. The molecule has 0 aliphatic carbocycles. The Labute approximate surface area is 108 Å². The second-order valence-corrected chi connectivity index (χ2v) is 4.86. The third kappa shape index (κ3) is 2.30. The van der Waals surface area contributed by atoms with Crippen molar-refractivity contribution in [2.24, 2.45) is 4.99 Å². The van der Waals surface area contributed by atoms with Crippen LogP contribution in [0, 0.1) is 27.7 Å². The first-order valence-electron chi connectivity index (χ1n) is 6.27. The van der Waals surface area contributed by atoms with Gasteiger partial charge in [-0.15, -0.1) is 0 Å². The molecule has 1 heterocycles. The highest BCUT2D eigenvalue weighted by Crippen LogP contribution is 2.23. The molecule has 1 aromatic carbocycles. The average Bonchev–Trinajstić information content (AvgIpc) is 2.79. The number of nitrogens with zero attached hydrogens (tertiary/aromatic N) is 1. The van der Waals surface area contributed by atoms with Gasteiger partial charge in [0.2, 0.25) is 0 Å². The molecule has 0 bridgehead atoms. The molecule has 0 fully saturated rings. The van der Waals surface area contributed by atoms with Gasteiger partial charge in [-0.1, -0.05) is 6.07 Å². The Balaban J connectivity index is 2.35. The minimum absolute atomic E-state index is 0.109. The van der Waals surface area contributed by atoms with Gasteiger partial charge < -0.3 is 4.74 Å². The summed E-state index contributed by atoms with van der Waals surface area (Å²) in [5.74, 6) is 0.690. The molecule has 3 nitrogen and oxygen atoms in total. The summed E-state index contributed by atoms with van der Waals surface area (Å²) >= 11 is 0. The van der Waals surface area contributed by atoms with Crippen molar-refractivity contribution in [1.82, 2.24) is 0 Å². The van der Waals surface area contributed by atoms with Crippen LogP contribution in [-0.4, -0.2) is 24.8 Å². The number of ether oxygens (including phenoxy) is 1. The van der Waals surface area contributed by atoms with E-state index >= 15 is 0 Å². The standard InChI is InChI=1S/C15H19NO2/c1-9-7-10(2)12(4)15(11(9)3)13(17)8-14-16-5-6-18-14/h7H,5-6,8H2,1-4H3. The summed E-state index contributed by atoms with van der Waals surface area (Å²) in [4.78, 5) is 16.6. The van der Waals surface area contributed by atoms with Crippen molar-refractivity contribution in [3.8, 4) is 0 Å². The summed E-state index contributed by atoms with van der Waals surface area (Å²) < 4.78 is 5.31. The second kappa shape index (κ2) is 4.92. The maximum atomic E-state index is 12.4. The number of carbonyl (C=O) groups excluding carboxylic acids is 1. The zero-order valence-corrected chi connectivity index (χ0v) is 11.5. The molecule has 2 rings (SSSR count). The van der Waals surface area contributed by atoms with Gasteiger partial charge in [-0.05, 0) is 49.9 Å². The molecule has 0 aromatic heterocycles. The lowest BCUT2D eigenvalue weighted by Gasteiger charge is -2.14. The highest BCUT2D eigenvalue weighted by molar-refractivity contribution is 6.09. The molecule has 3 heteroatoms. The van der Waals surface area contributed by atoms with E-state index in [2.05, 4.69) is 11.1 Å². The summed E-state index contributed by atoms with van der Waals surface area (Å²) in [5.41, 5.74) is 5.31. The molecule has 0 atom stereocenters. The maximum absolute atomic E-state index is 12.4. The molecule has 0 unspecified atom stereocenters. The third-order valence-electron chi connectivity index (χ3n) is 3.60. The smallest absolute Gasteiger partial charge is 0.191 e. The van der Waals surface area contributed by atoms with Crippen molar-refractivity contribution in [3.05, 3.63) is 33.9 Å². The summed E-state index contributed by atoms with van der Waals surface area (Å²) in [5, 5.41) is 0. The predicted molar refractivity (Wildman–Crippen MR) is 72.6 cm³/mol. The van der Waals surface area contributed by atoms with Crippen molar-refractivity contribution >= 4 is 11.7 Å². The minimum atomic E-state index is 0.109. The molecule has 1 aromatic rings. The van der Waals surface area contributed by atoms with Crippen LogP contribution in [0.15, 0.2) is 11.1 Å². The average molecular weight is 245 g/mol. The summed E-state index contributed by atoms with van der Waals surface area (Å²) in [6, 6.07) is 2.13. The molecule has 0 amide bonds. The van der Waals surface area contributed by atoms with Gasteiger partial charge in [-0.2, -0.15) is 0 Å². The van der Waals surface area contributed by atoms with Crippen molar-refractivity contribution < 1.29 is 9.53 Å². The molecule has 0 saturated heterocycles. The lowest BCUT2D eigenvalue weighted by Crippen LogP contribution is -2.13. The lowest BCUT2D eigenvalue weighted by atomic mass is 9.91. The van der Waals surface area contributed by atoms with E-state index in [1.165, 1.54) is 0 Å². The van der Waals surface area contributed by atoms with Gasteiger partial charge in [-0.3, -0.25) is 9.79 Å². The van der Waals surface area contributed by atoms with E-state index in [1.807, 2.05) is 27.7 Å². The maximum Gasteiger partial charge on any atom is 0.191 e. The number of hydrogen-bond acceptors (Lipinski definition) is 3. The van der Waals surface area contributed by atoms with Crippen LogP contribution in [0.25, 0.3) is 0 Å². The molecule has 0 N–H and O–H groups in total. The minimum Gasteiger partial charge on any atom is -0.479 e. The fourth-order valence-electron chi connectivity index (χ4n) is 2.35. The number of carbonyl (C=O) groups is 1. The molecule has 1 aliphatic rings. The number of aryl methyl sites for hydroxylation is 2. The van der Waals surface area contributed by atoms with Crippen molar-refractivity contribution in [3.63, 3.8) is 0 Å². The van der Waals surface area contributed by atoms with Gasteiger partial charge in [0.1, 0.15) is 6.61 Å². The van der Waals surface area contributed by atoms with Crippen LogP contribution >= 0.6 is 0 Å². The molecule has 96 valence electrons. The van der Waals surface area contributed by atoms with Crippen molar-refractivity contribution in [1.29, 1.82) is 0 Å². The number of Topliss-reactive ketones (excluding diaryl/α,β-unsaturated/α-hetero) is 1. The Morgan fingerprint density at radius 1 is 1.22 bits per heavy atom.